The van der Waals surface area contributed by atoms with Crippen molar-refractivity contribution in [1.29, 1.82) is 0 Å². The molecule has 1 aromatic rings. The van der Waals surface area contributed by atoms with E-state index >= 15 is 0 Å². The van der Waals surface area contributed by atoms with Gasteiger partial charge in [0.15, 0.2) is 0 Å². The highest BCUT2D eigenvalue weighted by atomic mass is 19.1. The second kappa shape index (κ2) is 5.97. The van der Waals surface area contributed by atoms with Gasteiger partial charge >= 0.3 is 12.0 Å². The Balaban J connectivity index is 1.71. The zero-order chi connectivity index (χ0) is 19.5. The third kappa shape index (κ3) is 2.53. The lowest BCUT2D eigenvalue weighted by Gasteiger charge is -2.35. The number of carbonyl (C=O) groups excluding carboxylic acids is 2. The number of amidine groups is 1. The first-order valence-electron chi connectivity index (χ1n) is 8.66. The molecule has 9 heteroatoms. The van der Waals surface area contributed by atoms with Crippen molar-refractivity contribution in [2.45, 2.75) is 32.5 Å². The van der Waals surface area contributed by atoms with E-state index < -0.39 is 12.1 Å². The summed E-state index contributed by atoms with van der Waals surface area (Å²) in [5.74, 6) is 0.242. The molecule has 8 nitrogen and oxygen atoms in total. The van der Waals surface area contributed by atoms with Crippen molar-refractivity contribution in [3.8, 4) is 0 Å². The number of likely N-dealkylation sites (N-methyl/N-ethyl adjacent to an activating group) is 1. The van der Waals surface area contributed by atoms with Gasteiger partial charge in [-0.25, -0.2) is 13.8 Å². The summed E-state index contributed by atoms with van der Waals surface area (Å²) >= 11 is 0. The molecule has 2 atom stereocenters. The predicted molar refractivity (Wildman–Crippen MR) is 96.9 cm³/mol. The number of halogens is 1. The second-order valence-electron chi connectivity index (χ2n) is 6.91. The van der Waals surface area contributed by atoms with Crippen LogP contribution in [0.3, 0.4) is 0 Å². The smallest absolute Gasteiger partial charge is 0.270 e. The van der Waals surface area contributed by atoms with Crippen LogP contribution in [0.25, 0.3) is 0 Å². The molecular weight excluding hydrogens is 351 g/mol. The van der Waals surface area contributed by atoms with Gasteiger partial charge in [0.05, 0.1) is 19.3 Å². The number of aliphatic imine (C=N–C) groups is 1. The van der Waals surface area contributed by atoms with Crippen molar-refractivity contribution < 1.29 is 18.6 Å². The fraction of sp³-hybridized carbons (Fsp3) is 0.389. The van der Waals surface area contributed by atoms with E-state index in [0.717, 1.165) is 5.71 Å². The van der Waals surface area contributed by atoms with Crippen LogP contribution in [0.1, 0.15) is 19.4 Å². The molecule has 0 saturated carbocycles. The number of carbonyl (C=O) groups is 2. The number of imide groups is 1. The van der Waals surface area contributed by atoms with Crippen molar-refractivity contribution in [2.75, 3.05) is 14.1 Å². The third-order valence-electron chi connectivity index (χ3n) is 5.20. The molecule has 1 saturated heterocycles. The molecule has 27 heavy (non-hydrogen) atoms. The van der Waals surface area contributed by atoms with Crippen LogP contribution < -0.4 is 0 Å². The van der Waals surface area contributed by atoms with Crippen LogP contribution in [0.5, 0.6) is 0 Å². The monoisotopic (exact) mass is 371 g/mol. The number of benzene rings is 1. The summed E-state index contributed by atoms with van der Waals surface area (Å²) in [5, 5.41) is 6.05. The number of hydrazone groups is 1. The summed E-state index contributed by atoms with van der Waals surface area (Å²) in [6, 6.07) is 4.50. The minimum Gasteiger partial charge on any atom is -0.270 e. The third-order valence-corrected chi connectivity index (χ3v) is 5.20. The first kappa shape index (κ1) is 17.3. The number of rotatable bonds is 2. The van der Waals surface area contributed by atoms with Crippen LogP contribution in [0, 0.1) is 5.82 Å². The molecule has 0 aliphatic carbocycles. The van der Waals surface area contributed by atoms with Gasteiger partial charge in [0.25, 0.3) is 5.91 Å². The van der Waals surface area contributed by atoms with E-state index in [1.165, 1.54) is 21.9 Å². The Morgan fingerprint density at radius 3 is 2.52 bits per heavy atom. The number of urea groups is 1. The van der Waals surface area contributed by atoms with Gasteiger partial charge in [0, 0.05) is 7.05 Å². The SMILES string of the molecule is CC1=NN(C)C2=[N+](C1C)C1C(=O)N(Cc3ccc(F)cc3)C(=O)N(C)C1=N2. The molecule has 2 unspecified atom stereocenters. The molecule has 140 valence electrons. The van der Waals surface area contributed by atoms with Crippen LogP contribution in [0.4, 0.5) is 9.18 Å². The highest BCUT2D eigenvalue weighted by Gasteiger charge is 2.55. The van der Waals surface area contributed by atoms with Crippen molar-refractivity contribution in [2.24, 2.45) is 10.1 Å². The average molecular weight is 371 g/mol. The maximum atomic E-state index is 13.3. The van der Waals surface area contributed by atoms with Gasteiger partial charge in [-0.3, -0.25) is 14.6 Å². The molecule has 0 spiro atoms. The highest BCUT2D eigenvalue weighted by Crippen LogP contribution is 2.25. The van der Waals surface area contributed by atoms with Crippen molar-refractivity contribution in [1.82, 2.24) is 14.8 Å². The quantitative estimate of drug-likeness (QED) is 0.731. The minimum atomic E-state index is -0.689. The summed E-state index contributed by atoms with van der Waals surface area (Å²) in [6.07, 6.45) is 0. The lowest BCUT2D eigenvalue weighted by atomic mass is 10.1. The summed E-state index contributed by atoms with van der Waals surface area (Å²) in [6.45, 7) is 3.93. The average Bonchev–Trinajstić information content (AvgIpc) is 3.05. The molecule has 3 aliphatic heterocycles. The standard InChI is InChI=1S/C18H20FN6O2/c1-10-11(2)25-14-15(20-17(25)23(4)21-10)22(3)18(27)24(16(14)26)9-12-5-7-13(19)8-6-12/h5-8,11,14H,9H2,1-4H3/q+1. The number of guanidine groups is 1. The van der Waals surface area contributed by atoms with E-state index in [2.05, 4.69) is 10.1 Å². The normalized spacial score (nSPS) is 24.9. The largest absolute Gasteiger partial charge is 0.416 e. The Morgan fingerprint density at radius 2 is 1.85 bits per heavy atom. The lowest BCUT2D eigenvalue weighted by Crippen LogP contribution is -2.64. The van der Waals surface area contributed by atoms with Crippen molar-refractivity contribution in [3.63, 3.8) is 0 Å². The van der Waals surface area contributed by atoms with Gasteiger partial charge in [-0.15, -0.1) is 10.1 Å². The number of hydrogen-bond donors (Lipinski definition) is 0. The van der Waals surface area contributed by atoms with Crippen LogP contribution in [-0.4, -0.2) is 75.0 Å². The maximum absolute atomic E-state index is 13.3. The Morgan fingerprint density at radius 1 is 1.19 bits per heavy atom. The maximum Gasteiger partial charge on any atom is 0.416 e. The summed E-state index contributed by atoms with van der Waals surface area (Å²) in [7, 11) is 3.37. The van der Waals surface area contributed by atoms with E-state index in [1.807, 2.05) is 18.4 Å². The van der Waals surface area contributed by atoms with Gasteiger partial charge in [-0.05, 0) is 31.5 Å². The van der Waals surface area contributed by atoms with Crippen LogP contribution in [-0.2, 0) is 11.3 Å². The van der Waals surface area contributed by atoms with Crippen LogP contribution in [0.15, 0.2) is 34.4 Å². The number of nitrogens with zero attached hydrogens (tertiary/aromatic N) is 6. The Labute approximate surface area is 155 Å². The zero-order valence-electron chi connectivity index (χ0n) is 15.5. The molecule has 0 radical (unpaired) electrons. The van der Waals surface area contributed by atoms with E-state index in [4.69, 9.17) is 0 Å². The van der Waals surface area contributed by atoms with Gasteiger partial charge in [0.2, 0.25) is 11.9 Å². The molecule has 1 aromatic carbocycles. The Hall–Kier alpha value is -3.10. The van der Waals surface area contributed by atoms with Crippen LogP contribution in [0.2, 0.25) is 0 Å². The van der Waals surface area contributed by atoms with E-state index in [0.29, 0.717) is 17.4 Å². The number of amides is 3. The van der Waals surface area contributed by atoms with Gasteiger partial charge in [-0.2, -0.15) is 0 Å². The molecule has 3 aliphatic rings. The summed E-state index contributed by atoms with van der Waals surface area (Å²) in [4.78, 5) is 33.2. The lowest BCUT2D eigenvalue weighted by molar-refractivity contribution is -0.558. The molecule has 1 fully saturated rings. The highest BCUT2D eigenvalue weighted by molar-refractivity contribution is 6.23. The first-order chi connectivity index (χ1) is 12.8. The number of hydrogen-bond acceptors (Lipinski definition) is 5. The van der Waals surface area contributed by atoms with E-state index in [1.54, 1.807) is 31.2 Å². The van der Waals surface area contributed by atoms with Crippen molar-refractivity contribution in [3.05, 3.63) is 35.6 Å². The topological polar surface area (TPSA) is 71.6 Å². The summed E-state index contributed by atoms with van der Waals surface area (Å²) < 4.78 is 15.1. The molecule has 3 heterocycles. The first-order valence-corrected chi connectivity index (χ1v) is 8.66. The fourth-order valence-corrected chi connectivity index (χ4v) is 3.59. The zero-order valence-corrected chi connectivity index (χ0v) is 15.5. The fourth-order valence-electron chi connectivity index (χ4n) is 3.59. The molecule has 0 bridgehead atoms. The van der Waals surface area contributed by atoms with Gasteiger partial charge in [0.1, 0.15) is 11.9 Å². The van der Waals surface area contributed by atoms with Gasteiger partial charge in [-0.1, -0.05) is 17.1 Å². The van der Waals surface area contributed by atoms with E-state index in [-0.39, 0.29) is 24.3 Å². The molecule has 0 aromatic heterocycles. The second-order valence-corrected chi connectivity index (χ2v) is 6.91. The van der Waals surface area contributed by atoms with Gasteiger partial charge < -0.3 is 0 Å². The van der Waals surface area contributed by atoms with Crippen molar-refractivity contribution >= 4 is 29.4 Å². The number of fused-ring (bicyclic) bond motifs is 2. The van der Waals surface area contributed by atoms with E-state index in [9.17, 15) is 14.0 Å². The minimum absolute atomic E-state index is 0.0759. The Bertz CT molecular complexity index is 936. The molecule has 0 N–H and O–H groups in total. The summed E-state index contributed by atoms with van der Waals surface area (Å²) in [5.41, 5.74) is 1.53. The molecule has 3 amide bonds. The Kier molecular flexibility index (Phi) is 3.83. The molecular formula is C18H20FN6O2+. The predicted octanol–water partition coefficient (Wildman–Crippen LogP) is 1.08. The van der Waals surface area contributed by atoms with Crippen LogP contribution >= 0.6 is 0 Å². The molecule has 4 rings (SSSR count).